The van der Waals surface area contributed by atoms with Crippen molar-refractivity contribution in [2.24, 2.45) is 0 Å². The number of benzene rings is 2. The van der Waals surface area contributed by atoms with Crippen molar-refractivity contribution >= 4 is 27.3 Å². The van der Waals surface area contributed by atoms with Gasteiger partial charge in [0.15, 0.2) is 11.2 Å². The van der Waals surface area contributed by atoms with Gasteiger partial charge in [-0.05, 0) is 10.8 Å². The minimum absolute atomic E-state index is 0.104. The lowest BCUT2D eigenvalue weighted by Crippen LogP contribution is -2.06. The van der Waals surface area contributed by atoms with Gasteiger partial charge in [0.05, 0.1) is 0 Å². The van der Waals surface area contributed by atoms with E-state index in [1.54, 1.807) is 30.3 Å². The van der Waals surface area contributed by atoms with E-state index in [1.165, 1.54) is 0 Å². The largest absolute Gasteiger partial charge is 0.388 e. The van der Waals surface area contributed by atoms with Gasteiger partial charge in [-0.15, -0.1) is 0 Å². The number of Topliss-reactive ketones (excluding diaryl/α,β-unsaturated/α-hetero) is 1. The fourth-order valence-electron chi connectivity index (χ4n) is 2.44. The minimum atomic E-state index is -0.564. The van der Waals surface area contributed by atoms with Crippen molar-refractivity contribution in [1.82, 2.24) is 0 Å². The first-order valence-corrected chi connectivity index (χ1v) is 6.31. The van der Waals surface area contributed by atoms with E-state index in [2.05, 4.69) is 0 Å². The Morgan fingerprint density at radius 3 is 2.40 bits per heavy atom. The van der Waals surface area contributed by atoms with Crippen molar-refractivity contribution in [1.29, 1.82) is 0 Å². The van der Waals surface area contributed by atoms with Crippen molar-refractivity contribution in [3.05, 3.63) is 70.4 Å². The van der Waals surface area contributed by atoms with Crippen LogP contribution in [0, 0.1) is 0 Å². The molecule has 0 amide bonds. The number of carbonyl (C=O) groups excluding carboxylic acids is 1. The van der Waals surface area contributed by atoms with Crippen LogP contribution in [-0.4, -0.2) is 17.5 Å². The molecule has 3 rings (SSSR count). The number of carbonyl (C=O) groups is 1. The smallest absolute Gasteiger partial charge is 0.194 e. The molecule has 0 saturated heterocycles. The van der Waals surface area contributed by atoms with Crippen LogP contribution in [0.15, 0.2) is 59.4 Å². The van der Waals surface area contributed by atoms with Crippen molar-refractivity contribution in [2.45, 2.75) is 0 Å². The average Bonchev–Trinajstić information content (AvgIpc) is 2.64. The lowest BCUT2D eigenvalue weighted by atomic mass is 10.0. The molecule has 0 aliphatic carbocycles. The van der Waals surface area contributed by atoms with Crippen LogP contribution >= 0.6 is 0 Å². The van der Waals surface area contributed by atoms with E-state index in [0.29, 0.717) is 21.7 Å². The molecule has 0 heterocycles. The number of ketones is 1. The minimum Gasteiger partial charge on any atom is -0.388 e. The molecular formula is C17H12O3. The standard InChI is InChI=1S/C17H12O3/c18-10-16(19)14-6-3-7-15-13(14)9-8-11-4-1-2-5-12(11)17(15)20/h1-9,18H,10H2. The van der Waals surface area contributed by atoms with Crippen LogP contribution in [0.1, 0.15) is 10.4 Å². The second-order valence-electron chi connectivity index (χ2n) is 4.60. The second-order valence-corrected chi connectivity index (χ2v) is 4.60. The number of rotatable bonds is 2. The normalized spacial score (nSPS) is 10.8. The molecule has 3 aromatic carbocycles. The predicted octanol–water partition coefficient (Wildman–Crippen LogP) is 2.53. The third-order valence-electron chi connectivity index (χ3n) is 3.43. The van der Waals surface area contributed by atoms with Crippen LogP contribution in [0.5, 0.6) is 0 Å². The van der Waals surface area contributed by atoms with Crippen LogP contribution in [0.4, 0.5) is 0 Å². The van der Waals surface area contributed by atoms with Crippen LogP contribution in [-0.2, 0) is 0 Å². The van der Waals surface area contributed by atoms with Crippen molar-refractivity contribution in [3.8, 4) is 0 Å². The number of aliphatic hydroxyl groups is 1. The molecule has 1 N–H and O–H groups in total. The summed E-state index contributed by atoms with van der Waals surface area (Å²) >= 11 is 0. The molecule has 0 fully saturated rings. The van der Waals surface area contributed by atoms with Gasteiger partial charge in [0.2, 0.25) is 0 Å². The predicted molar refractivity (Wildman–Crippen MR) is 79.1 cm³/mol. The first kappa shape index (κ1) is 12.5. The molecule has 0 saturated carbocycles. The lowest BCUT2D eigenvalue weighted by molar-refractivity contribution is 0.0905. The Hall–Kier alpha value is -2.52. The molecule has 0 aliphatic heterocycles. The van der Waals surface area contributed by atoms with E-state index in [9.17, 15) is 9.59 Å². The Balaban J connectivity index is 2.54. The fourth-order valence-corrected chi connectivity index (χ4v) is 2.44. The quantitative estimate of drug-likeness (QED) is 0.724. The zero-order valence-electron chi connectivity index (χ0n) is 10.7. The van der Waals surface area contributed by atoms with E-state index in [-0.39, 0.29) is 11.2 Å². The summed E-state index contributed by atoms with van der Waals surface area (Å²) in [7, 11) is 0. The Kier molecular flexibility index (Phi) is 3.05. The SMILES string of the molecule is O=C(CO)c1cccc2c(=O)c3ccccc3ccc12. The lowest BCUT2D eigenvalue weighted by Gasteiger charge is -2.00. The molecule has 3 heteroatoms. The molecule has 0 radical (unpaired) electrons. The van der Waals surface area contributed by atoms with Gasteiger partial charge < -0.3 is 5.11 Å². The maximum Gasteiger partial charge on any atom is 0.194 e. The fraction of sp³-hybridized carbons (Fsp3) is 0.0588. The summed E-state index contributed by atoms with van der Waals surface area (Å²) in [6.45, 7) is -0.564. The van der Waals surface area contributed by atoms with Gasteiger partial charge in [-0.1, -0.05) is 54.6 Å². The van der Waals surface area contributed by atoms with Crippen LogP contribution in [0.2, 0.25) is 0 Å². The van der Waals surface area contributed by atoms with Crippen LogP contribution < -0.4 is 5.43 Å². The molecule has 0 bridgehead atoms. The zero-order chi connectivity index (χ0) is 14.1. The maximum absolute atomic E-state index is 12.6. The molecule has 98 valence electrons. The summed E-state index contributed by atoms with van der Waals surface area (Å²) in [4.78, 5) is 24.4. The molecule has 3 aromatic rings. The third kappa shape index (κ3) is 1.89. The monoisotopic (exact) mass is 264 g/mol. The van der Waals surface area contributed by atoms with Gasteiger partial charge in [-0.2, -0.15) is 0 Å². The summed E-state index contributed by atoms with van der Waals surface area (Å²) in [6, 6.07) is 15.9. The number of aliphatic hydroxyl groups excluding tert-OH is 1. The van der Waals surface area contributed by atoms with E-state index in [1.807, 2.05) is 24.3 Å². The highest BCUT2D eigenvalue weighted by Crippen LogP contribution is 2.19. The zero-order valence-corrected chi connectivity index (χ0v) is 10.7. The van der Waals surface area contributed by atoms with E-state index in [4.69, 9.17) is 5.11 Å². The number of fused-ring (bicyclic) bond motifs is 2. The molecule has 0 aliphatic rings. The van der Waals surface area contributed by atoms with Crippen LogP contribution in [0.25, 0.3) is 21.5 Å². The summed E-state index contributed by atoms with van der Waals surface area (Å²) in [5.74, 6) is -0.384. The highest BCUT2D eigenvalue weighted by atomic mass is 16.3. The Labute approximate surface area is 115 Å². The maximum atomic E-state index is 12.6. The van der Waals surface area contributed by atoms with Crippen molar-refractivity contribution < 1.29 is 9.90 Å². The molecule has 0 unspecified atom stereocenters. The molecule has 0 spiro atoms. The third-order valence-corrected chi connectivity index (χ3v) is 3.43. The van der Waals surface area contributed by atoms with Gasteiger partial charge in [0, 0.05) is 16.3 Å². The topological polar surface area (TPSA) is 54.4 Å². The Bertz CT molecular complexity index is 882. The van der Waals surface area contributed by atoms with Gasteiger partial charge in [-0.25, -0.2) is 0 Å². The summed E-state index contributed by atoms with van der Waals surface area (Å²) in [6.07, 6.45) is 0. The van der Waals surface area contributed by atoms with Crippen LogP contribution in [0.3, 0.4) is 0 Å². The van der Waals surface area contributed by atoms with E-state index in [0.717, 1.165) is 5.39 Å². The molecule has 3 nitrogen and oxygen atoms in total. The van der Waals surface area contributed by atoms with E-state index >= 15 is 0 Å². The average molecular weight is 264 g/mol. The molecular weight excluding hydrogens is 252 g/mol. The molecule has 20 heavy (non-hydrogen) atoms. The summed E-state index contributed by atoms with van der Waals surface area (Å²) in [5.41, 5.74) is 0.274. The van der Waals surface area contributed by atoms with Gasteiger partial charge in [0.1, 0.15) is 6.61 Å². The number of hydrogen-bond acceptors (Lipinski definition) is 3. The van der Waals surface area contributed by atoms with Gasteiger partial charge in [0.25, 0.3) is 0 Å². The highest BCUT2D eigenvalue weighted by Gasteiger charge is 2.10. The van der Waals surface area contributed by atoms with Crippen molar-refractivity contribution in [3.63, 3.8) is 0 Å². The first-order valence-electron chi connectivity index (χ1n) is 6.31. The summed E-state index contributed by atoms with van der Waals surface area (Å²) < 4.78 is 0. The van der Waals surface area contributed by atoms with E-state index < -0.39 is 6.61 Å². The number of hydrogen-bond donors (Lipinski definition) is 1. The van der Waals surface area contributed by atoms with Gasteiger partial charge >= 0.3 is 0 Å². The van der Waals surface area contributed by atoms with Crippen molar-refractivity contribution in [2.75, 3.05) is 6.61 Å². The van der Waals surface area contributed by atoms with Gasteiger partial charge in [-0.3, -0.25) is 9.59 Å². The molecule has 0 aromatic heterocycles. The second kappa shape index (κ2) is 4.87. The Morgan fingerprint density at radius 2 is 1.60 bits per heavy atom. The Morgan fingerprint density at radius 1 is 0.850 bits per heavy atom. The summed E-state index contributed by atoms with van der Waals surface area (Å²) in [5, 5.41) is 11.6. The highest BCUT2D eigenvalue weighted by molar-refractivity contribution is 6.09. The molecule has 0 atom stereocenters. The first-order chi connectivity index (χ1) is 9.72.